The third-order valence-corrected chi connectivity index (χ3v) is 15.2. The number of amides is 2. The lowest BCUT2D eigenvalue weighted by molar-refractivity contribution is -0.146. The second-order valence-electron chi connectivity index (χ2n) is 22.8. The minimum absolute atomic E-state index is 0.0353. The summed E-state index contributed by atoms with van der Waals surface area (Å²) in [6.07, 6.45) is 12.6. The first-order valence-electron chi connectivity index (χ1n) is 28.4. The van der Waals surface area contributed by atoms with Crippen LogP contribution >= 0.6 is 0 Å². The van der Waals surface area contributed by atoms with Crippen molar-refractivity contribution in [1.82, 2.24) is 15.2 Å². The lowest BCUT2D eigenvalue weighted by atomic mass is 9.83. The van der Waals surface area contributed by atoms with Gasteiger partial charge in [-0.2, -0.15) is 4.58 Å². The maximum atomic E-state index is 13.5. The average molecular weight is 1170 g/mol. The molecule has 3 aliphatic rings. The molecule has 0 saturated heterocycles. The van der Waals surface area contributed by atoms with Crippen LogP contribution in [-0.4, -0.2) is 106 Å². The van der Waals surface area contributed by atoms with E-state index in [1.807, 2.05) is 36.4 Å². The number of ether oxygens (including phenoxy) is 6. The van der Waals surface area contributed by atoms with Gasteiger partial charge in [0.1, 0.15) is 50.7 Å². The highest BCUT2D eigenvalue weighted by Crippen LogP contribution is 2.50. The molecule has 1 fully saturated rings. The first-order valence-corrected chi connectivity index (χ1v) is 28.4. The van der Waals surface area contributed by atoms with Crippen molar-refractivity contribution in [2.75, 3.05) is 62.5 Å². The van der Waals surface area contributed by atoms with Crippen molar-refractivity contribution in [3.8, 4) is 0 Å². The number of carbonyl (C=O) groups excluding carboxylic acids is 6. The van der Waals surface area contributed by atoms with Crippen LogP contribution < -0.4 is 25.0 Å². The fourth-order valence-electron chi connectivity index (χ4n) is 10.7. The summed E-state index contributed by atoms with van der Waals surface area (Å²) in [6.45, 7) is 29.0. The summed E-state index contributed by atoms with van der Waals surface area (Å²) in [5.41, 5.74) is 9.86. The number of hydrogen-bond acceptors (Lipinski definition) is 14. The van der Waals surface area contributed by atoms with Crippen LogP contribution in [0.1, 0.15) is 76.6 Å². The van der Waals surface area contributed by atoms with E-state index < -0.39 is 58.0 Å². The Kier molecular flexibility index (Phi) is 20.8. The van der Waals surface area contributed by atoms with Crippen LogP contribution in [0.2, 0.25) is 0 Å². The SMILES string of the molecule is C=CC(=O)OCC(C)(COC(=O)C=C)NC(=O)OCCN1C(=CC=C2CCC(=CC=C3N(CCOC(=O)NC(C)(COC(=O)C=C)COC(=O)C=C)c4ccc(C)cc4C3(C)C)C2=[N+](c2ccccc2)c2ccccc2)C(C)(C)c2cc(C)ccc21. The molecule has 17 heteroatoms. The molecule has 0 radical (unpaired) electrons. The number of hydrogen-bond donors (Lipinski definition) is 2. The lowest BCUT2D eigenvalue weighted by Crippen LogP contribution is -2.54. The van der Waals surface area contributed by atoms with Crippen molar-refractivity contribution in [3.63, 3.8) is 0 Å². The maximum absolute atomic E-state index is 13.5. The number of carbonyl (C=O) groups is 6. The van der Waals surface area contributed by atoms with E-state index in [-0.39, 0.29) is 52.7 Å². The molecule has 0 aromatic heterocycles. The average Bonchev–Trinajstić information content (AvgIpc) is 1.65. The molecule has 2 heterocycles. The smallest absolute Gasteiger partial charge is 0.407 e. The van der Waals surface area contributed by atoms with E-state index >= 15 is 0 Å². The molecule has 86 heavy (non-hydrogen) atoms. The molecular formula is C69H78N5O12+. The number of nitrogens with one attached hydrogen (secondary N) is 2. The number of nitrogens with zero attached hydrogens (tertiary/aromatic N) is 3. The van der Waals surface area contributed by atoms with Gasteiger partial charge >= 0.3 is 36.1 Å². The minimum Gasteiger partial charge on any atom is -0.460 e. The van der Waals surface area contributed by atoms with E-state index in [0.29, 0.717) is 12.8 Å². The number of para-hydroxylation sites is 2. The number of aryl methyl sites for hydroxylation is 2. The van der Waals surface area contributed by atoms with Gasteiger partial charge < -0.3 is 48.9 Å². The Bertz CT molecular complexity index is 3170. The molecule has 4 aromatic carbocycles. The van der Waals surface area contributed by atoms with Gasteiger partial charge in [-0.25, -0.2) is 28.8 Å². The summed E-state index contributed by atoms with van der Waals surface area (Å²) in [4.78, 5) is 79.5. The molecule has 450 valence electrons. The molecule has 0 spiro atoms. The van der Waals surface area contributed by atoms with Crippen molar-refractivity contribution in [2.45, 2.75) is 90.1 Å². The Labute approximate surface area is 504 Å². The van der Waals surface area contributed by atoms with Gasteiger partial charge in [-0.15, -0.1) is 0 Å². The molecule has 2 amide bonds. The first-order chi connectivity index (χ1) is 41.0. The predicted octanol–water partition coefficient (Wildman–Crippen LogP) is 11.5. The monoisotopic (exact) mass is 1170 g/mol. The van der Waals surface area contributed by atoms with Gasteiger partial charge in [-0.1, -0.05) is 138 Å². The largest absolute Gasteiger partial charge is 0.460 e. The van der Waals surface area contributed by atoms with Gasteiger partial charge in [0.2, 0.25) is 17.1 Å². The summed E-state index contributed by atoms with van der Waals surface area (Å²) >= 11 is 0. The number of alkyl carbamates (subject to hydrolysis) is 2. The molecule has 2 N–H and O–H groups in total. The van der Waals surface area contributed by atoms with E-state index in [2.05, 4.69) is 178 Å². The van der Waals surface area contributed by atoms with Gasteiger partial charge in [0.15, 0.2) is 0 Å². The highest BCUT2D eigenvalue weighted by molar-refractivity contribution is 6.17. The van der Waals surface area contributed by atoms with Crippen LogP contribution in [0.3, 0.4) is 0 Å². The van der Waals surface area contributed by atoms with Gasteiger partial charge in [0.25, 0.3) is 0 Å². The zero-order valence-electron chi connectivity index (χ0n) is 50.5. The Hall–Kier alpha value is -9.51. The van der Waals surface area contributed by atoms with Crippen LogP contribution in [0.15, 0.2) is 195 Å². The number of fused-ring (bicyclic) bond motifs is 2. The molecule has 7 rings (SSSR count). The maximum Gasteiger partial charge on any atom is 0.407 e. The predicted molar refractivity (Wildman–Crippen MR) is 334 cm³/mol. The van der Waals surface area contributed by atoms with Crippen molar-refractivity contribution in [2.24, 2.45) is 0 Å². The molecular weight excluding hydrogens is 1090 g/mol. The van der Waals surface area contributed by atoms with Gasteiger partial charge in [0.05, 0.1) is 13.1 Å². The van der Waals surface area contributed by atoms with Crippen molar-refractivity contribution < 1.29 is 57.2 Å². The highest BCUT2D eigenvalue weighted by Gasteiger charge is 2.43. The zero-order chi connectivity index (χ0) is 62.4. The fourth-order valence-corrected chi connectivity index (χ4v) is 10.7. The third-order valence-electron chi connectivity index (χ3n) is 15.2. The van der Waals surface area contributed by atoms with E-state index in [0.717, 1.165) is 97.6 Å². The Morgan fingerprint density at radius 2 is 0.849 bits per heavy atom. The summed E-state index contributed by atoms with van der Waals surface area (Å²) in [5, 5.41) is 5.45. The fraction of sp³-hybridized carbons (Fsp3) is 0.319. The normalized spacial score (nSPS) is 16.6. The molecule has 1 aliphatic carbocycles. The van der Waals surface area contributed by atoms with Crippen LogP contribution in [0.5, 0.6) is 0 Å². The summed E-state index contributed by atoms with van der Waals surface area (Å²) in [5.74, 6) is -2.85. The second kappa shape index (κ2) is 27.9. The van der Waals surface area contributed by atoms with E-state index in [9.17, 15) is 28.8 Å². The highest BCUT2D eigenvalue weighted by atomic mass is 16.6. The summed E-state index contributed by atoms with van der Waals surface area (Å²) in [7, 11) is 0. The van der Waals surface area contributed by atoms with E-state index in [1.54, 1.807) is 13.8 Å². The number of anilines is 2. The van der Waals surface area contributed by atoms with Crippen LogP contribution in [0, 0.1) is 13.8 Å². The molecule has 4 aromatic rings. The summed E-state index contributed by atoms with van der Waals surface area (Å²) < 4.78 is 34.9. The first kappa shape index (κ1) is 64.1. The van der Waals surface area contributed by atoms with Crippen molar-refractivity contribution >= 4 is 64.5 Å². The number of rotatable bonds is 24. The molecule has 1 saturated carbocycles. The number of allylic oxidation sites excluding steroid dienone is 8. The third kappa shape index (κ3) is 15.4. The van der Waals surface area contributed by atoms with Crippen molar-refractivity contribution in [3.05, 3.63) is 217 Å². The lowest BCUT2D eigenvalue weighted by Gasteiger charge is -2.29. The van der Waals surface area contributed by atoms with Crippen molar-refractivity contribution in [1.29, 1.82) is 0 Å². The van der Waals surface area contributed by atoms with Gasteiger partial charge in [0, 0.05) is 93.3 Å². The molecule has 17 nitrogen and oxygen atoms in total. The number of benzene rings is 4. The summed E-state index contributed by atoms with van der Waals surface area (Å²) in [6, 6.07) is 33.3. The topological polar surface area (TPSA) is 191 Å². The van der Waals surface area contributed by atoms with Gasteiger partial charge in [-0.05, 0) is 75.9 Å². The molecule has 0 bridgehead atoms. The van der Waals surface area contributed by atoms with Crippen LogP contribution in [0.25, 0.3) is 0 Å². The molecule has 0 unspecified atom stereocenters. The minimum atomic E-state index is -1.34. The number of esters is 4. The van der Waals surface area contributed by atoms with Crippen LogP contribution in [-0.2, 0) is 58.4 Å². The van der Waals surface area contributed by atoms with E-state index in [1.165, 1.54) is 0 Å². The second-order valence-corrected chi connectivity index (χ2v) is 22.8. The standard InChI is InChI=1S/C69H77N5O12/c1-13-59(75)83-43-68(11,44-84-60(76)14-2)70-64(79)81-39-37-72-55-33-27-47(5)41-53(55)66(7,8)57(72)35-31-49-29-30-50(63(49)74(51-23-19-17-20-24-51)52-25-21-18-22-26-52)32-36-58-67(9,10)54-42-48(6)28-34-56(54)73(58)38-40-82-65(80)71-69(12,45-85-61(77)15-3)46-86-62(78)16-4/h13-28,31-36,41-42H,1-4,29-30,37-40,43-46H2,5-12H3,(H-,70,71,79,80)/p+1. The zero-order valence-corrected chi connectivity index (χ0v) is 50.5. The Balaban J connectivity index is 1.25. The van der Waals surface area contributed by atoms with E-state index in [4.69, 9.17) is 28.4 Å². The Morgan fingerprint density at radius 1 is 0.512 bits per heavy atom. The molecule has 0 atom stereocenters. The molecule has 2 aliphatic heterocycles. The Morgan fingerprint density at radius 3 is 1.17 bits per heavy atom. The van der Waals surface area contributed by atoms with Gasteiger partial charge in [-0.3, -0.25) is 0 Å². The quantitative estimate of drug-likeness (QED) is 0.0291. The van der Waals surface area contributed by atoms with Crippen LogP contribution in [0.4, 0.5) is 32.3 Å².